The maximum Gasteiger partial charge on any atom is 0.163 e. The van der Waals surface area contributed by atoms with Crippen LogP contribution >= 0.6 is 23.2 Å². The first-order chi connectivity index (χ1) is 14.8. The minimum atomic E-state index is -0.641. The molecule has 4 rings (SSSR count). The van der Waals surface area contributed by atoms with Gasteiger partial charge in [0.1, 0.15) is 6.10 Å². The van der Waals surface area contributed by atoms with Crippen molar-refractivity contribution < 1.29 is 9.47 Å². The Morgan fingerprint density at radius 3 is 2.13 bits per heavy atom. The summed E-state index contributed by atoms with van der Waals surface area (Å²) in [6.07, 6.45) is 1.21. The summed E-state index contributed by atoms with van der Waals surface area (Å²) in [5, 5.41) is 1.25. The van der Waals surface area contributed by atoms with Gasteiger partial charge in [0.15, 0.2) is 5.79 Å². The molecule has 1 saturated heterocycles. The van der Waals surface area contributed by atoms with Crippen LogP contribution < -0.4 is 5.73 Å². The fourth-order valence-corrected chi connectivity index (χ4v) is 4.70. The van der Waals surface area contributed by atoms with Crippen molar-refractivity contribution in [3.8, 4) is 11.1 Å². The number of benzene rings is 3. The van der Waals surface area contributed by atoms with Crippen molar-refractivity contribution in [2.75, 3.05) is 0 Å². The van der Waals surface area contributed by atoms with Gasteiger partial charge in [0, 0.05) is 22.5 Å². The highest BCUT2D eigenvalue weighted by Gasteiger charge is 2.43. The van der Waals surface area contributed by atoms with Crippen LogP contribution in [0.5, 0.6) is 0 Å². The second-order valence-electron chi connectivity index (χ2n) is 8.55. The molecule has 0 aromatic heterocycles. The van der Waals surface area contributed by atoms with Gasteiger partial charge in [-0.3, -0.25) is 0 Å². The Bertz CT molecular complexity index is 1000. The predicted octanol–water partition coefficient (Wildman–Crippen LogP) is 6.29. The van der Waals surface area contributed by atoms with E-state index in [0.717, 1.165) is 23.1 Å². The summed E-state index contributed by atoms with van der Waals surface area (Å²) < 4.78 is 12.4. The van der Waals surface area contributed by atoms with E-state index < -0.39 is 5.79 Å². The van der Waals surface area contributed by atoms with Crippen LogP contribution in [0, 0.1) is 0 Å². The smallest absolute Gasteiger partial charge is 0.163 e. The first-order valence-corrected chi connectivity index (χ1v) is 11.3. The molecule has 162 valence electrons. The Morgan fingerprint density at radius 2 is 1.48 bits per heavy atom. The summed E-state index contributed by atoms with van der Waals surface area (Å²) >= 11 is 12.3. The molecular weight excluding hydrogens is 429 g/mol. The highest BCUT2D eigenvalue weighted by atomic mass is 35.5. The number of hydrogen-bond acceptors (Lipinski definition) is 3. The molecule has 1 aliphatic heterocycles. The van der Waals surface area contributed by atoms with Gasteiger partial charge in [-0.2, -0.15) is 0 Å². The zero-order valence-electron chi connectivity index (χ0n) is 17.7. The van der Waals surface area contributed by atoms with Gasteiger partial charge in [0.05, 0.1) is 6.10 Å². The van der Waals surface area contributed by atoms with E-state index in [-0.39, 0.29) is 18.2 Å². The molecule has 3 aromatic rings. The predicted molar refractivity (Wildman–Crippen MR) is 128 cm³/mol. The molecule has 2 N–H and O–H groups in total. The van der Waals surface area contributed by atoms with Gasteiger partial charge < -0.3 is 15.2 Å². The van der Waals surface area contributed by atoms with Gasteiger partial charge in [-0.15, -0.1) is 0 Å². The fourth-order valence-electron chi connectivity index (χ4n) is 4.17. The third kappa shape index (κ3) is 5.68. The number of ether oxygens (including phenoxy) is 2. The van der Waals surface area contributed by atoms with E-state index in [1.54, 1.807) is 6.07 Å². The highest BCUT2D eigenvalue weighted by Crippen LogP contribution is 2.33. The number of hydrogen-bond donors (Lipinski definition) is 1. The molecule has 1 heterocycles. The normalized spacial score (nSPS) is 21.2. The topological polar surface area (TPSA) is 44.5 Å². The molecule has 0 amide bonds. The zero-order valence-corrected chi connectivity index (χ0v) is 19.2. The number of nitrogens with two attached hydrogens (primary N) is 1. The standard InChI is InChI=1S/C26H27Cl2NO2/c1-26(2)30-24(13-17-6-4-3-5-7-17)25(31-26)23(29)12-18-8-10-19(11-9-18)20-14-21(27)16-22(28)15-20/h3-11,14-16,23-25H,12-13,29H2,1-2H3/t23-,24?,25-/m1/s1. The number of halogens is 2. The van der Waals surface area contributed by atoms with E-state index in [0.29, 0.717) is 16.5 Å². The van der Waals surface area contributed by atoms with Crippen molar-refractivity contribution >= 4 is 23.2 Å². The highest BCUT2D eigenvalue weighted by molar-refractivity contribution is 6.35. The van der Waals surface area contributed by atoms with E-state index >= 15 is 0 Å². The Labute approximate surface area is 194 Å². The van der Waals surface area contributed by atoms with Gasteiger partial charge >= 0.3 is 0 Å². The minimum absolute atomic E-state index is 0.0831. The van der Waals surface area contributed by atoms with Gasteiger partial charge in [-0.05, 0) is 60.7 Å². The van der Waals surface area contributed by atoms with E-state index in [2.05, 4.69) is 36.4 Å². The molecule has 3 nitrogen and oxygen atoms in total. The zero-order chi connectivity index (χ0) is 22.0. The summed E-state index contributed by atoms with van der Waals surface area (Å²) in [6, 6.07) is 24.0. The largest absolute Gasteiger partial charge is 0.344 e. The van der Waals surface area contributed by atoms with Crippen LogP contribution in [-0.4, -0.2) is 24.0 Å². The molecule has 1 unspecified atom stereocenters. The summed E-state index contributed by atoms with van der Waals surface area (Å²) in [6.45, 7) is 3.89. The van der Waals surface area contributed by atoms with Crippen LogP contribution in [0.2, 0.25) is 10.0 Å². The molecule has 1 aliphatic rings. The van der Waals surface area contributed by atoms with Gasteiger partial charge in [0.2, 0.25) is 0 Å². The average molecular weight is 456 g/mol. The maximum atomic E-state index is 6.63. The van der Waals surface area contributed by atoms with E-state index in [1.165, 1.54) is 5.56 Å². The van der Waals surface area contributed by atoms with Crippen LogP contribution in [0.15, 0.2) is 72.8 Å². The first kappa shape index (κ1) is 22.3. The third-order valence-corrected chi connectivity index (χ3v) is 5.98. The van der Waals surface area contributed by atoms with Gasteiger partial charge in [-0.1, -0.05) is 77.8 Å². The van der Waals surface area contributed by atoms with Crippen LogP contribution in [-0.2, 0) is 22.3 Å². The molecule has 0 radical (unpaired) electrons. The maximum absolute atomic E-state index is 6.63. The van der Waals surface area contributed by atoms with Crippen molar-refractivity contribution in [3.63, 3.8) is 0 Å². The first-order valence-electron chi connectivity index (χ1n) is 10.5. The second kappa shape index (κ2) is 9.32. The monoisotopic (exact) mass is 455 g/mol. The molecule has 3 aromatic carbocycles. The molecule has 31 heavy (non-hydrogen) atoms. The second-order valence-corrected chi connectivity index (χ2v) is 9.42. The van der Waals surface area contributed by atoms with Crippen LogP contribution in [0.4, 0.5) is 0 Å². The average Bonchev–Trinajstić information content (AvgIpc) is 3.03. The van der Waals surface area contributed by atoms with Crippen LogP contribution in [0.1, 0.15) is 25.0 Å². The van der Waals surface area contributed by atoms with Crippen molar-refractivity contribution in [2.24, 2.45) is 5.73 Å². The quantitative estimate of drug-likeness (QED) is 0.474. The summed E-state index contributed by atoms with van der Waals surface area (Å²) in [7, 11) is 0. The Balaban J connectivity index is 1.46. The number of rotatable bonds is 6. The Kier molecular flexibility index (Phi) is 6.71. The molecule has 0 bridgehead atoms. The molecule has 0 aliphatic carbocycles. The van der Waals surface area contributed by atoms with Crippen LogP contribution in [0.25, 0.3) is 11.1 Å². The third-order valence-electron chi connectivity index (χ3n) is 5.54. The lowest BCUT2D eigenvalue weighted by molar-refractivity contribution is -0.147. The lowest BCUT2D eigenvalue weighted by atomic mass is 9.94. The van der Waals surface area contributed by atoms with Gasteiger partial charge in [-0.25, -0.2) is 0 Å². The Morgan fingerprint density at radius 1 is 0.839 bits per heavy atom. The lowest BCUT2D eigenvalue weighted by Crippen LogP contribution is -2.43. The molecular formula is C26H27Cl2NO2. The van der Waals surface area contributed by atoms with Crippen molar-refractivity contribution in [3.05, 3.63) is 94.0 Å². The molecule has 0 saturated carbocycles. The lowest BCUT2D eigenvalue weighted by Gasteiger charge is -2.24. The van der Waals surface area contributed by atoms with Crippen molar-refractivity contribution in [2.45, 2.75) is 50.7 Å². The van der Waals surface area contributed by atoms with E-state index in [9.17, 15) is 0 Å². The molecule has 5 heteroatoms. The van der Waals surface area contributed by atoms with Crippen molar-refractivity contribution in [1.29, 1.82) is 0 Å². The van der Waals surface area contributed by atoms with E-state index in [1.807, 2.05) is 44.2 Å². The minimum Gasteiger partial charge on any atom is -0.344 e. The molecule has 1 fully saturated rings. The SMILES string of the molecule is CC1(C)OC(Cc2ccccc2)[C@@H]([C@H](N)Cc2ccc(-c3cc(Cl)cc(Cl)c3)cc2)O1. The fraction of sp³-hybridized carbons (Fsp3) is 0.308. The van der Waals surface area contributed by atoms with Crippen molar-refractivity contribution in [1.82, 2.24) is 0 Å². The summed E-state index contributed by atoms with van der Waals surface area (Å²) in [5.74, 6) is -0.641. The summed E-state index contributed by atoms with van der Waals surface area (Å²) in [4.78, 5) is 0. The Hall–Kier alpha value is -1.88. The molecule has 0 spiro atoms. The van der Waals surface area contributed by atoms with Crippen LogP contribution in [0.3, 0.4) is 0 Å². The molecule has 3 atom stereocenters. The van der Waals surface area contributed by atoms with Gasteiger partial charge in [0.25, 0.3) is 0 Å². The van der Waals surface area contributed by atoms with E-state index in [4.69, 9.17) is 38.4 Å². The summed E-state index contributed by atoms with van der Waals surface area (Å²) in [5.41, 5.74) is 11.0.